The third-order valence-electron chi connectivity index (χ3n) is 2.73. The van der Waals surface area contributed by atoms with Gasteiger partial charge < -0.3 is 9.88 Å². The van der Waals surface area contributed by atoms with Crippen molar-refractivity contribution >= 4 is 27.5 Å². The van der Waals surface area contributed by atoms with Gasteiger partial charge in [-0.25, -0.2) is 0 Å². The van der Waals surface area contributed by atoms with E-state index in [-0.39, 0.29) is 17.2 Å². The number of non-ortho nitro benzene ring substituents is 1. The van der Waals surface area contributed by atoms with Crippen LogP contribution in [0, 0.1) is 10.1 Å². The molecule has 6 nitrogen and oxygen atoms in total. The van der Waals surface area contributed by atoms with Crippen molar-refractivity contribution in [3.8, 4) is 0 Å². The number of amides is 1. The molecule has 0 spiro atoms. The van der Waals surface area contributed by atoms with Crippen molar-refractivity contribution < 1.29 is 9.72 Å². The molecule has 0 saturated heterocycles. The molecule has 2 rings (SSSR count). The molecule has 1 heterocycles. The van der Waals surface area contributed by atoms with Gasteiger partial charge in [-0.3, -0.25) is 14.9 Å². The molecule has 0 bridgehead atoms. The fourth-order valence-corrected chi connectivity index (χ4v) is 2.14. The minimum absolute atomic E-state index is 0.108. The highest BCUT2D eigenvalue weighted by atomic mass is 79.9. The zero-order valence-corrected chi connectivity index (χ0v) is 12.0. The largest absolute Gasteiger partial charge is 0.353 e. The summed E-state index contributed by atoms with van der Waals surface area (Å²) in [5, 5.41) is 13.4. The van der Waals surface area contributed by atoms with E-state index in [4.69, 9.17) is 0 Å². The maximum absolute atomic E-state index is 12.0. The molecule has 0 atom stereocenters. The molecule has 0 fully saturated rings. The van der Waals surface area contributed by atoms with Crippen molar-refractivity contribution in [1.29, 1.82) is 0 Å². The predicted molar refractivity (Wildman–Crippen MR) is 77.6 cm³/mol. The van der Waals surface area contributed by atoms with Crippen LogP contribution in [0.25, 0.3) is 0 Å². The van der Waals surface area contributed by atoms with E-state index in [0.717, 1.165) is 0 Å². The topological polar surface area (TPSA) is 77.2 Å². The second kappa shape index (κ2) is 6.33. The Morgan fingerprint density at radius 2 is 2.05 bits per heavy atom. The number of halogens is 1. The molecule has 7 heteroatoms. The Bertz CT molecular complexity index is 626. The Labute approximate surface area is 123 Å². The fraction of sp³-hybridized carbons (Fsp3) is 0.154. The monoisotopic (exact) mass is 337 g/mol. The van der Waals surface area contributed by atoms with E-state index in [2.05, 4.69) is 21.2 Å². The second-order valence-corrected chi connectivity index (χ2v) is 4.95. The zero-order valence-electron chi connectivity index (χ0n) is 10.5. The number of rotatable bonds is 5. The van der Waals surface area contributed by atoms with Gasteiger partial charge in [0.25, 0.3) is 11.6 Å². The molecule has 1 N–H and O–H groups in total. The van der Waals surface area contributed by atoms with Crippen molar-refractivity contribution in [2.45, 2.75) is 6.54 Å². The van der Waals surface area contributed by atoms with Crippen LogP contribution in [0.15, 0.2) is 47.2 Å². The molecule has 0 aliphatic rings. The minimum Gasteiger partial charge on any atom is -0.353 e. The van der Waals surface area contributed by atoms with Crippen molar-refractivity contribution in [2.24, 2.45) is 0 Å². The number of nitro groups is 1. The average molecular weight is 338 g/mol. The molecule has 0 unspecified atom stereocenters. The molecule has 104 valence electrons. The fourth-order valence-electron chi connectivity index (χ4n) is 1.71. The van der Waals surface area contributed by atoms with E-state index in [0.29, 0.717) is 17.6 Å². The zero-order chi connectivity index (χ0) is 14.5. The van der Waals surface area contributed by atoms with Gasteiger partial charge in [0, 0.05) is 42.1 Å². The lowest BCUT2D eigenvalue weighted by Gasteiger charge is -2.07. The summed E-state index contributed by atoms with van der Waals surface area (Å²) in [5.41, 5.74) is 0.149. The molecule has 1 aromatic carbocycles. The van der Waals surface area contributed by atoms with Gasteiger partial charge >= 0.3 is 0 Å². The molecule has 1 amide bonds. The van der Waals surface area contributed by atoms with Crippen LogP contribution >= 0.6 is 15.9 Å². The number of carbonyl (C=O) groups excluding carboxylic acids is 1. The SMILES string of the molecule is O=C(NCCn1cccc1)c1cc([N+](=O)[O-])ccc1Br. The smallest absolute Gasteiger partial charge is 0.270 e. The Kier molecular flexibility index (Phi) is 4.52. The number of aromatic nitrogens is 1. The first-order valence-electron chi connectivity index (χ1n) is 5.91. The van der Waals surface area contributed by atoms with Crippen LogP contribution in [0.2, 0.25) is 0 Å². The summed E-state index contributed by atoms with van der Waals surface area (Å²) in [4.78, 5) is 22.2. The number of nitrogens with zero attached hydrogens (tertiary/aromatic N) is 2. The highest BCUT2D eigenvalue weighted by molar-refractivity contribution is 9.10. The average Bonchev–Trinajstić information content (AvgIpc) is 2.92. The lowest BCUT2D eigenvalue weighted by molar-refractivity contribution is -0.384. The summed E-state index contributed by atoms with van der Waals surface area (Å²) in [6.45, 7) is 1.09. The van der Waals surface area contributed by atoms with Gasteiger partial charge in [0.05, 0.1) is 10.5 Å². The standard InChI is InChI=1S/C13H12BrN3O3/c14-12-4-3-10(17(19)20)9-11(12)13(18)15-5-8-16-6-1-2-7-16/h1-4,6-7,9H,5,8H2,(H,15,18). The Balaban J connectivity index is 2.01. The molecular formula is C13H12BrN3O3. The van der Waals surface area contributed by atoms with Gasteiger partial charge in [0.2, 0.25) is 0 Å². The third-order valence-corrected chi connectivity index (χ3v) is 3.42. The molecule has 0 saturated carbocycles. The van der Waals surface area contributed by atoms with E-state index < -0.39 is 4.92 Å². The van der Waals surface area contributed by atoms with Crippen LogP contribution in [-0.4, -0.2) is 21.9 Å². The lowest BCUT2D eigenvalue weighted by Crippen LogP contribution is -2.27. The van der Waals surface area contributed by atoms with Gasteiger partial charge in [-0.2, -0.15) is 0 Å². The second-order valence-electron chi connectivity index (χ2n) is 4.10. The minimum atomic E-state index is -0.525. The number of benzene rings is 1. The van der Waals surface area contributed by atoms with Crippen molar-refractivity contribution in [2.75, 3.05) is 6.54 Å². The number of hydrogen-bond acceptors (Lipinski definition) is 3. The van der Waals surface area contributed by atoms with E-state index in [1.165, 1.54) is 18.2 Å². The van der Waals surface area contributed by atoms with Crippen molar-refractivity contribution in [1.82, 2.24) is 9.88 Å². The van der Waals surface area contributed by atoms with E-state index in [1.54, 1.807) is 0 Å². The van der Waals surface area contributed by atoms with Crippen LogP contribution in [-0.2, 0) is 6.54 Å². The Morgan fingerprint density at radius 1 is 1.35 bits per heavy atom. The normalized spacial score (nSPS) is 10.2. The molecule has 20 heavy (non-hydrogen) atoms. The highest BCUT2D eigenvalue weighted by Gasteiger charge is 2.15. The summed E-state index contributed by atoms with van der Waals surface area (Å²) in [5.74, 6) is -0.340. The van der Waals surface area contributed by atoms with Gasteiger partial charge in [0.15, 0.2) is 0 Å². The lowest BCUT2D eigenvalue weighted by atomic mass is 10.2. The van der Waals surface area contributed by atoms with Gasteiger partial charge in [0.1, 0.15) is 0 Å². The number of carbonyl (C=O) groups is 1. The maximum Gasteiger partial charge on any atom is 0.270 e. The predicted octanol–water partition coefficient (Wildman–Crippen LogP) is 2.59. The van der Waals surface area contributed by atoms with E-state index in [1.807, 2.05) is 29.1 Å². The summed E-state index contributed by atoms with van der Waals surface area (Å²) in [7, 11) is 0. The van der Waals surface area contributed by atoms with Crippen LogP contribution in [0.3, 0.4) is 0 Å². The van der Waals surface area contributed by atoms with Gasteiger partial charge in [-0.1, -0.05) is 0 Å². The summed E-state index contributed by atoms with van der Waals surface area (Å²) in [6, 6.07) is 7.91. The summed E-state index contributed by atoms with van der Waals surface area (Å²) >= 11 is 3.22. The molecule has 1 aromatic heterocycles. The molecule has 0 radical (unpaired) electrons. The van der Waals surface area contributed by atoms with Gasteiger partial charge in [-0.05, 0) is 34.1 Å². The molecule has 2 aromatic rings. The van der Waals surface area contributed by atoms with Crippen molar-refractivity contribution in [3.63, 3.8) is 0 Å². The Morgan fingerprint density at radius 3 is 2.70 bits per heavy atom. The number of nitrogens with one attached hydrogen (secondary N) is 1. The molecule has 0 aliphatic carbocycles. The first-order valence-corrected chi connectivity index (χ1v) is 6.70. The maximum atomic E-state index is 12.0. The van der Waals surface area contributed by atoms with Crippen LogP contribution in [0.5, 0.6) is 0 Å². The molecule has 0 aliphatic heterocycles. The quantitative estimate of drug-likeness (QED) is 0.672. The van der Waals surface area contributed by atoms with Gasteiger partial charge in [-0.15, -0.1) is 0 Å². The number of hydrogen-bond donors (Lipinski definition) is 1. The number of nitro benzene ring substituents is 1. The van der Waals surface area contributed by atoms with Crippen molar-refractivity contribution in [3.05, 3.63) is 62.9 Å². The summed E-state index contributed by atoms with van der Waals surface area (Å²) in [6.07, 6.45) is 3.80. The first kappa shape index (κ1) is 14.3. The van der Waals surface area contributed by atoms with E-state index in [9.17, 15) is 14.9 Å². The summed E-state index contributed by atoms with van der Waals surface area (Å²) < 4.78 is 2.46. The van der Waals surface area contributed by atoms with E-state index >= 15 is 0 Å². The van der Waals surface area contributed by atoms with Crippen LogP contribution in [0.4, 0.5) is 5.69 Å². The van der Waals surface area contributed by atoms with Crippen LogP contribution < -0.4 is 5.32 Å². The first-order chi connectivity index (χ1) is 9.58. The highest BCUT2D eigenvalue weighted by Crippen LogP contribution is 2.22. The Hall–Kier alpha value is -2.15. The third kappa shape index (κ3) is 3.45. The van der Waals surface area contributed by atoms with Crippen LogP contribution in [0.1, 0.15) is 10.4 Å². The molecular weight excluding hydrogens is 326 g/mol.